The molecule has 0 aliphatic carbocycles. The van der Waals surface area contributed by atoms with Crippen LogP contribution in [0.3, 0.4) is 0 Å². The molecular weight excluding hydrogens is 220 g/mol. The van der Waals surface area contributed by atoms with E-state index >= 15 is 0 Å². The topological polar surface area (TPSA) is 58.5 Å². The Labute approximate surface area is 86.5 Å². The van der Waals surface area contributed by atoms with Gasteiger partial charge in [0.25, 0.3) is 10.0 Å². The summed E-state index contributed by atoms with van der Waals surface area (Å²) in [6.07, 6.45) is 0. The molecule has 2 rings (SSSR count). The lowest BCUT2D eigenvalue weighted by molar-refractivity contribution is 0.603. The molecule has 0 bridgehead atoms. The number of benzene rings is 1. The van der Waals surface area contributed by atoms with Gasteiger partial charge in [-0.2, -0.15) is 0 Å². The molecule has 1 aromatic carbocycles. The number of nitrogens with zero attached hydrogens (tertiary/aromatic N) is 1. The van der Waals surface area contributed by atoms with E-state index in [1.54, 1.807) is 0 Å². The highest BCUT2D eigenvalue weighted by atomic mass is 32.3. The van der Waals surface area contributed by atoms with Crippen molar-refractivity contribution in [1.29, 1.82) is 0 Å². The molecule has 0 amide bonds. The fraction of sp³-hybridized carbons (Fsp3) is 0.125. The van der Waals surface area contributed by atoms with Crippen LogP contribution in [0.5, 0.6) is 0 Å². The molecule has 0 saturated heterocycles. The lowest BCUT2D eigenvalue weighted by Crippen LogP contribution is -2.04. The fourth-order valence-electron chi connectivity index (χ4n) is 1.01. The van der Waals surface area contributed by atoms with Crippen LogP contribution in [0, 0.1) is 0 Å². The number of amidine groups is 1. The summed E-state index contributed by atoms with van der Waals surface area (Å²) in [5.74, 6) is 0. The van der Waals surface area contributed by atoms with Crippen molar-refractivity contribution in [3.63, 3.8) is 0 Å². The molecule has 1 N–H and O–H groups in total. The summed E-state index contributed by atoms with van der Waals surface area (Å²) in [5, 5.41) is 3.40. The Bertz CT molecular complexity index is 453. The van der Waals surface area contributed by atoms with Gasteiger partial charge < -0.3 is 5.32 Å². The van der Waals surface area contributed by atoms with Crippen LogP contribution >= 0.6 is 11.8 Å². The van der Waals surface area contributed by atoms with Gasteiger partial charge in [-0.25, -0.2) is 8.42 Å². The minimum absolute atomic E-state index is 0.0299. The van der Waals surface area contributed by atoms with Crippen molar-refractivity contribution in [3.05, 3.63) is 30.3 Å². The highest BCUT2D eigenvalue weighted by Gasteiger charge is 2.20. The molecule has 14 heavy (non-hydrogen) atoms. The third-order valence-electron chi connectivity index (χ3n) is 1.59. The summed E-state index contributed by atoms with van der Waals surface area (Å²) in [6, 6.07) is 9.35. The molecule has 1 aliphatic heterocycles. The largest absolute Gasteiger partial charge is 0.334 e. The van der Waals surface area contributed by atoms with E-state index in [1.165, 1.54) is 11.8 Å². The molecule has 0 saturated carbocycles. The first-order valence-corrected chi connectivity index (χ1v) is 6.53. The first kappa shape index (κ1) is 9.54. The van der Waals surface area contributed by atoms with Crippen LogP contribution in [0.25, 0.3) is 0 Å². The second-order valence-corrected chi connectivity index (χ2v) is 5.70. The Kier molecular flexibility index (Phi) is 2.47. The molecule has 4 nitrogen and oxygen atoms in total. The number of thioether (sulfide) groups is 1. The number of rotatable bonds is 1. The molecule has 1 aromatic rings. The molecule has 1 aliphatic rings. The quantitative estimate of drug-likeness (QED) is 0.791. The van der Waals surface area contributed by atoms with Gasteiger partial charge in [-0.15, -0.1) is 4.40 Å². The van der Waals surface area contributed by atoms with E-state index in [0.29, 0.717) is 5.17 Å². The van der Waals surface area contributed by atoms with E-state index in [4.69, 9.17) is 0 Å². The average molecular weight is 228 g/mol. The second kappa shape index (κ2) is 3.62. The molecule has 6 heteroatoms. The summed E-state index contributed by atoms with van der Waals surface area (Å²) < 4.78 is 25.5. The van der Waals surface area contributed by atoms with E-state index in [0.717, 1.165) is 5.69 Å². The second-order valence-electron chi connectivity index (χ2n) is 2.73. The van der Waals surface area contributed by atoms with Crippen molar-refractivity contribution >= 4 is 32.6 Å². The highest BCUT2D eigenvalue weighted by molar-refractivity contribution is 8.24. The van der Waals surface area contributed by atoms with Crippen LogP contribution in [0.4, 0.5) is 5.69 Å². The minimum atomic E-state index is -3.23. The predicted molar refractivity (Wildman–Crippen MR) is 58.9 cm³/mol. The average Bonchev–Trinajstić information content (AvgIpc) is 2.47. The zero-order chi connectivity index (χ0) is 10.0. The van der Waals surface area contributed by atoms with Crippen molar-refractivity contribution in [2.24, 2.45) is 4.40 Å². The summed E-state index contributed by atoms with van der Waals surface area (Å²) in [6.45, 7) is 0. The van der Waals surface area contributed by atoms with Crippen molar-refractivity contribution in [3.8, 4) is 0 Å². The molecular formula is C8H8N2O2S2. The van der Waals surface area contributed by atoms with Crippen LogP contribution < -0.4 is 5.32 Å². The fourth-order valence-corrected chi connectivity index (χ4v) is 3.31. The van der Waals surface area contributed by atoms with Crippen molar-refractivity contribution < 1.29 is 8.42 Å². The van der Waals surface area contributed by atoms with Gasteiger partial charge >= 0.3 is 0 Å². The minimum Gasteiger partial charge on any atom is -0.334 e. The molecule has 0 atom stereocenters. The SMILES string of the molecule is O=S1(=O)CSC(Nc2ccccc2)=N1. The summed E-state index contributed by atoms with van der Waals surface area (Å²) in [5.41, 5.74) is 0.843. The van der Waals surface area contributed by atoms with E-state index in [9.17, 15) is 8.42 Å². The highest BCUT2D eigenvalue weighted by Crippen LogP contribution is 2.20. The van der Waals surface area contributed by atoms with Gasteiger partial charge in [-0.3, -0.25) is 0 Å². The molecule has 0 spiro atoms. The molecule has 0 aromatic heterocycles. The maximum Gasteiger partial charge on any atom is 0.265 e. The maximum atomic E-state index is 11.0. The number of hydrogen-bond donors (Lipinski definition) is 1. The van der Waals surface area contributed by atoms with Gasteiger partial charge in [0.1, 0.15) is 5.08 Å². The summed E-state index contributed by atoms with van der Waals surface area (Å²) in [4.78, 5) is 0. The van der Waals surface area contributed by atoms with Gasteiger partial charge in [-0.05, 0) is 12.1 Å². The van der Waals surface area contributed by atoms with Crippen LogP contribution in [-0.2, 0) is 10.0 Å². The van der Waals surface area contributed by atoms with E-state index < -0.39 is 10.0 Å². The van der Waals surface area contributed by atoms with Gasteiger partial charge in [0.05, 0.1) is 0 Å². The maximum absolute atomic E-state index is 11.0. The van der Waals surface area contributed by atoms with Crippen LogP contribution in [0.1, 0.15) is 0 Å². The Morgan fingerprint density at radius 2 is 2.00 bits per heavy atom. The number of anilines is 1. The van der Waals surface area contributed by atoms with E-state index in [1.807, 2.05) is 30.3 Å². The third kappa shape index (κ3) is 2.27. The standard InChI is InChI=1S/C8H8N2O2S2/c11-14(12)6-13-8(10-14)9-7-4-2-1-3-5-7/h1-5H,6H2,(H,9,10). The Morgan fingerprint density at radius 1 is 1.29 bits per heavy atom. The Morgan fingerprint density at radius 3 is 2.57 bits per heavy atom. The van der Waals surface area contributed by atoms with E-state index in [2.05, 4.69) is 9.71 Å². The van der Waals surface area contributed by atoms with Gasteiger partial charge in [0, 0.05) is 5.69 Å². The van der Waals surface area contributed by atoms with Crippen molar-refractivity contribution in [2.75, 3.05) is 10.4 Å². The number of hydrogen-bond acceptors (Lipinski definition) is 4. The lowest BCUT2D eigenvalue weighted by Gasteiger charge is -2.01. The van der Waals surface area contributed by atoms with Crippen LogP contribution in [-0.4, -0.2) is 18.7 Å². The van der Waals surface area contributed by atoms with Gasteiger partial charge in [0.15, 0.2) is 5.17 Å². The Hall–Kier alpha value is -1.01. The monoisotopic (exact) mass is 228 g/mol. The lowest BCUT2D eigenvalue weighted by atomic mass is 10.3. The summed E-state index contributed by atoms with van der Waals surface area (Å²) in [7, 11) is -3.23. The van der Waals surface area contributed by atoms with Crippen molar-refractivity contribution in [1.82, 2.24) is 0 Å². The third-order valence-corrected chi connectivity index (χ3v) is 4.30. The molecule has 1 heterocycles. The van der Waals surface area contributed by atoms with Gasteiger partial charge in [-0.1, -0.05) is 30.0 Å². The van der Waals surface area contributed by atoms with Crippen LogP contribution in [0.2, 0.25) is 0 Å². The number of para-hydroxylation sites is 1. The first-order chi connectivity index (χ1) is 6.66. The van der Waals surface area contributed by atoms with Crippen LogP contribution in [0.15, 0.2) is 34.7 Å². The molecule has 74 valence electrons. The smallest absolute Gasteiger partial charge is 0.265 e. The number of nitrogens with one attached hydrogen (secondary N) is 1. The number of sulfonamides is 1. The zero-order valence-corrected chi connectivity index (χ0v) is 8.81. The van der Waals surface area contributed by atoms with E-state index in [-0.39, 0.29) is 5.08 Å². The van der Waals surface area contributed by atoms with Gasteiger partial charge in [0.2, 0.25) is 0 Å². The summed E-state index contributed by atoms with van der Waals surface area (Å²) >= 11 is 1.20. The normalized spacial score (nSPS) is 19.0. The molecule has 0 fully saturated rings. The molecule has 0 unspecified atom stereocenters. The predicted octanol–water partition coefficient (Wildman–Crippen LogP) is 1.49. The Balaban J connectivity index is 2.15. The zero-order valence-electron chi connectivity index (χ0n) is 7.17. The first-order valence-electron chi connectivity index (χ1n) is 3.93. The van der Waals surface area contributed by atoms with Crippen molar-refractivity contribution in [2.45, 2.75) is 0 Å². The molecule has 0 radical (unpaired) electrons.